The van der Waals surface area contributed by atoms with Gasteiger partial charge < -0.3 is 24.8 Å². The monoisotopic (exact) mass is 469 g/mol. The highest BCUT2D eigenvalue weighted by Crippen LogP contribution is 2.29. The number of hydrogen-bond acceptors (Lipinski definition) is 5. The number of para-hydroxylation sites is 1. The van der Waals surface area contributed by atoms with Crippen LogP contribution in [0.1, 0.15) is 67.1 Å². The highest BCUT2D eigenvalue weighted by Gasteiger charge is 2.48. The largest absolute Gasteiger partial charge is 0.496 e. The zero-order chi connectivity index (χ0) is 24.9. The fourth-order valence-corrected chi connectivity index (χ4v) is 4.20. The summed E-state index contributed by atoms with van der Waals surface area (Å²) in [6.45, 7) is 9.34. The van der Waals surface area contributed by atoms with Gasteiger partial charge in [0.1, 0.15) is 17.0 Å². The number of amides is 3. The number of rotatable bonds is 10. The van der Waals surface area contributed by atoms with Crippen LogP contribution in [0.4, 0.5) is 0 Å². The normalized spacial score (nSPS) is 17.5. The number of methoxy groups -OCH3 is 1. The van der Waals surface area contributed by atoms with Gasteiger partial charge >= 0.3 is 0 Å². The van der Waals surface area contributed by atoms with Gasteiger partial charge in [0.15, 0.2) is 5.69 Å². The molecule has 34 heavy (non-hydrogen) atoms. The predicted octanol–water partition coefficient (Wildman–Crippen LogP) is 2.61. The van der Waals surface area contributed by atoms with E-state index >= 15 is 0 Å². The molecule has 3 rings (SSSR count). The lowest BCUT2D eigenvalue weighted by Crippen LogP contribution is -2.64. The second-order valence-electron chi connectivity index (χ2n) is 9.23. The number of hydrogen-bond donors (Lipinski definition) is 2. The molecule has 1 aromatic heterocycles. The van der Waals surface area contributed by atoms with E-state index in [1.165, 1.54) is 6.33 Å². The van der Waals surface area contributed by atoms with E-state index in [0.717, 1.165) is 12.0 Å². The van der Waals surface area contributed by atoms with Crippen molar-refractivity contribution in [1.29, 1.82) is 0 Å². The van der Waals surface area contributed by atoms with Crippen molar-refractivity contribution >= 4 is 17.7 Å². The van der Waals surface area contributed by atoms with Gasteiger partial charge in [-0.3, -0.25) is 14.4 Å². The minimum atomic E-state index is -1.07. The zero-order valence-electron chi connectivity index (χ0n) is 20.7. The number of carbonyl (C=O) groups is 3. The Hall–Kier alpha value is -3.36. The zero-order valence-corrected chi connectivity index (χ0v) is 20.7. The molecule has 2 N–H and O–H groups in total. The molecule has 9 nitrogen and oxygen atoms in total. The van der Waals surface area contributed by atoms with E-state index in [1.807, 2.05) is 31.2 Å². The number of fused-ring (bicyclic) bond motifs is 1. The third-order valence-electron chi connectivity index (χ3n) is 6.15. The standard InChI is InChI=1S/C25H35N5O4/c1-6-13-30-23(32)21-20(22(31)27-14-18-9-7-8-10-19(18)34-5)28-16-29(21)15-25(30,4)24(33)26-12-11-17(2)3/h7-10,16-17H,6,11-15H2,1-5H3,(H,26,33)(H,27,31)/t25-/m0/s1. The molecule has 0 fully saturated rings. The quantitative estimate of drug-likeness (QED) is 0.557. The van der Waals surface area contributed by atoms with Gasteiger partial charge in [0.2, 0.25) is 5.91 Å². The van der Waals surface area contributed by atoms with E-state index in [9.17, 15) is 14.4 Å². The molecule has 2 aromatic rings. The van der Waals surface area contributed by atoms with Gasteiger partial charge in [-0.25, -0.2) is 4.98 Å². The fourth-order valence-electron chi connectivity index (χ4n) is 4.20. The summed E-state index contributed by atoms with van der Waals surface area (Å²) in [6, 6.07) is 7.40. The number of carbonyl (C=O) groups excluding carboxylic acids is 3. The first kappa shape index (κ1) is 25.3. The molecule has 9 heteroatoms. The van der Waals surface area contributed by atoms with Crippen LogP contribution in [-0.2, 0) is 17.9 Å². The second-order valence-corrected chi connectivity index (χ2v) is 9.23. The van der Waals surface area contributed by atoms with E-state index in [-0.39, 0.29) is 36.3 Å². The highest BCUT2D eigenvalue weighted by molar-refractivity contribution is 6.07. The average molecular weight is 470 g/mol. The summed E-state index contributed by atoms with van der Waals surface area (Å²) < 4.78 is 6.95. The predicted molar refractivity (Wildman–Crippen MR) is 129 cm³/mol. The molecule has 1 aliphatic heterocycles. The second kappa shape index (κ2) is 10.7. The lowest BCUT2D eigenvalue weighted by atomic mass is 9.93. The summed E-state index contributed by atoms with van der Waals surface area (Å²) in [5.41, 5.74) is 0.0147. The Bertz CT molecular complexity index is 1050. The van der Waals surface area contributed by atoms with E-state index in [4.69, 9.17) is 4.74 Å². The minimum absolute atomic E-state index is 0.0586. The lowest BCUT2D eigenvalue weighted by molar-refractivity contribution is -0.132. The van der Waals surface area contributed by atoms with Crippen molar-refractivity contribution in [3.05, 3.63) is 47.5 Å². The van der Waals surface area contributed by atoms with Crippen LogP contribution >= 0.6 is 0 Å². The molecule has 1 aromatic carbocycles. The smallest absolute Gasteiger partial charge is 0.273 e. The molecular formula is C25H35N5O4. The minimum Gasteiger partial charge on any atom is -0.496 e. The molecule has 0 saturated carbocycles. The molecule has 184 valence electrons. The molecule has 1 aliphatic rings. The first-order valence-electron chi connectivity index (χ1n) is 11.8. The van der Waals surface area contributed by atoms with E-state index in [0.29, 0.717) is 31.2 Å². The molecule has 0 unspecified atom stereocenters. The summed E-state index contributed by atoms with van der Waals surface area (Å²) in [5.74, 6) is 0.115. The number of nitrogens with zero attached hydrogens (tertiary/aromatic N) is 3. The van der Waals surface area contributed by atoms with Gasteiger partial charge in [-0.2, -0.15) is 0 Å². The van der Waals surface area contributed by atoms with Crippen LogP contribution in [0.5, 0.6) is 5.75 Å². The van der Waals surface area contributed by atoms with Crippen LogP contribution in [0.15, 0.2) is 30.6 Å². The Morgan fingerprint density at radius 2 is 1.97 bits per heavy atom. The average Bonchev–Trinajstić information content (AvgIpc) is 3.23. The third kappa shape index (κ3) is 5.08. The van der Waals surface area contributed by atoms with Crippen LogP contribution in [0, 0.1) is 5.92 Å². The molecule has 0 bridgehead atoms. The fraction of sp³-hybridized carbons (Fsp3) is 0.520. The van der Waals surface area contributed by atoms with Crippen LogP contribution in [-0.4, -0.2) is 57.9 Å². The molecule has 3 amide bonds. The lowest BCUT2D eigenvalue weighted by Gasteiger charge is -2.43. The van der Waals surface area contributed by atoms with E-state index in [2.05, 4.69) is 29.5 Å². The molecule has 1 atom stereocenters. The molecule has 0 radical (unpaired) electrons. The van der Waals surface area contributed by atoms with Crippen molar-refractivity contribution in [1.82, 2.24) is 25.1 Å². The van der Waals surface area contributed by atoms with Crippen molar-refractivity contribution < 1.29 is 19.1 Å². The van der Waals surface area contributed by atoms with Gasteiger partial charge in [0.05, 0.1) is 20.0 Å². The molecule has 0 saturated heterocycles. The Morgan fingerprint density at radius 1 is 1.24 bits per heavy atom. The molecule has 0 spiro atoms. The molecular weight excluding hydrogens is 434 g/mol. The van der Waals surface area contributed by atoms with Crippen molar-refractivity contribution in [2.75, 3.05) is 20.2 Å². The molecule has 2 heterocycles. The summed E-state index contributed by atoms with van der Waals surface area (Å²) in [5, 5.41) is 5.82. The van der Waals surface area contributed by atoms with Crippen LogP contribution in [0.2, 0.25) is 0 Å². The maximum Gasteiger partial charge on any atom is 0.273 e. The van der Waals surface area contributed by atoms with Crippen LogP contribution < -0.4 is 15.4 Å². The Kier molecular flexibility index (Phi) is 7.96. The Balaban J connectivity index is 1.82. The summed E-state index contributed by atoms with van der Waals surface area (Å²) in [7, 11) is 1.57. The summed E-state index contributed by atoms with van der Waals surface area (Å²) in [4.78, 5) is 45.5. The van der Waals surface area contributed by atoms with Gasteiger partial charge in [0.25, 0.3) is 11.8 Å². The van der Waals surface area contributed by atoms with Crippen molar-refractivity contribution in [2.45, 2.75) is 59.2 Å². The van der Waals surface area contributed by atoms with Gasteiger partial charge in [-0.1, -0.05) is 39.0 Å². The summed E-state index contributed by atoms with van der Waals surface area (Å²) >= 11 is 0. The van der Waals surface area contributed by atoms with Crippen LogP contribution in [0.25, 0.3) is 0 Å². The first-order chi connectivity index (χ1) is 16.2. The number of imidazole rings is 1. The molecule has 0 aliphatic carbocycles. The maximum absolute atomic E-state index is 13.6. The maximum atomic E-state index is 13.6. The van der Waals surface area contributed by atoms with Gasteiger partial charge in [-0.15, -0.1) is 0 Å². The summed E-state index contributed by atoms with van der Waals surface area (Å²) in [6.07, 6.45) is 3.01. The number of ether oxygens (including phenoxy) is 1. The Labute approximate surface area is 200 Å². The van der Waals surface area contributed by atoms with Crippen molar-refractivity contribution in [2.24, 2.45) is 5.92 Å². The van der Waals surface area contributed by atoms with E-state index in [1.54, 1.807) is 23.5 Å². The number of aromatic nitrogens is 2. The van der Waals surface area contributed by atoms with Crippen molar-refractivity contribution in [3.63, 3.8) is 0 Å². The first-order valence-corrected chi connectivity index (χ1v) is 11.8. The van der Waals surface area contributed by atoms with Gasteiger partial charge in [0, 0.05) is 25.2 Å². The Morgan fingerprint density at radius 3 is 2.65 bits per heavy atom. The topological polar surface area (TPSA) is 106 Å². The third-order valence-corrected chi connectivity index (χ3v) is 6.15. The van der Waals surface area contributed by atoms with Crippen molar-refractivity contribution in [3.8, 4) is 5.75 Å². The highest BCUT2D eigenvalue weighted by atomic mass is 16.5. The van der Waals surface area contributed by atoms with Gasteiger partial charge in [-0.05, 0) is 31.7 Å². The number of benzene rings is 1. The number of nitrogens with one attached hydrogen (secondary N) is 2. The van der Waals surface area contributed by atoms with Crippen LogP contribution in [0.3, 0.4) is 0 Å². The SMILES string of the molecule is CCCN1C(=O)c2c(C(=O)NCc3ccccc3OC)ncn2C[C@@]1(C)C(=O)NCCC(C)C. The van der Waals surface area contributed by atoms with E-state index < -0.39 is 11.4 Å².